The third-order valence-corrected chi connectivity index (χ3v) is 3.11. The minimum absolute atomic E-state index is 0.0245. The van der Waals surface area contributed by atoms with Crippen molar-refractivity contribution in [1.82, 2.24) is 4.90 Å². The maximum Gasteiger partial charge on any atom is 0.305 e. The zero-order chi connectivity index (χ0) is 16.4. The van der Waals surface area contributed by atoms with Gasteiger partial charge in [0.05, 0.1) is 26.1 Å². The van der Waals surface area contributed by atoms with E-state index in [0.29, 0.717) is 25.7 Å². The third-order valence-electron chi connectivity index (χ3n) is 3.11. The first-order valence-corrected chi connectivity index (χ1v) is 7.60. The van der Waals surface area contributed by atoms with Gasteiger partial charge in [-0.15, -0.1) is 0 Å². The van der Waals surface area contributed by atoms with Crippen molar-refractivity contribution in [1.29, 1.82) is 0 Å². The highest BCUT2D eigenvalue weighted by Gasteiger charge is 2.15. The van der Waals surface area contributed by atoms with E-state index in [1.807, 2.05) is 44.2 Å². The van der Waals surface area contributed by atoms with Gasteiger partial charge >= 0.3 is 5.97 Å². The zero-order valence-electron chi connectivity index (χ0n) is 13.3. The van der Waals surface area contributed by atoms with Crippen LogP contribution in [0.2, 0.25) is 0 Å². The molecule has 0 fully saturated rings. The van der Waals surface area contributed by atoms with Gasteiger partial charge in [0.15, 0.2) is 0 Å². The molecule has 5 nitrogen and oxygen atoms in total. The summed E-state index contributed by atoms with van der Waals surface area (Å²) in [5.74, 6) is -0.632. The molecule has 0 heterocycles. The van der Waals surface area contributed by atoms with Gasteiger partial charge in [-0.05, 0) is 11.5 Å². The Morgan fingerprint density at radius 2 is 1.86 bits per heavy atom. The Bertz CT molecular complexity index is 459. The van der Waals surface area contributed by atoms with Crippen molar-refractivity contribution < 1.29 is 19.4 Å². The lowest BCUT2D eigenvalue weighted by Gasteiger charge is -2.24. The van der Waals surface area contributed by atoms with Crippen LogP contribution in [0.5, 0.6) is 0 Å². The van der Waals surface area contributed by atoms with E-state index in [1.54, 1.807) is 4.90 Å². The number of amides is 1. The lowest BCUT2D eigenvalue weighted by Crippen LogP contribution is -2.36. The van der Waals surface area contributed by atoms with E-state index in [-0.39, 0.29) is 25.3 Å². The SMILES string of the molecule is CC(C)CN(CCC(=O)O)C(=O)CCOCc1ccccc1. The predicted octanol–water partition coefficient (Wildman–Crippen LogP) is 2.55. The van der Waals surface area contributed by atoms with Gasteiger partial charge in [0.2, 0.25) is 5.91 Å². The van der Waals surface area contributed by atoms with Crippen LogP contribution in [0.3, 0.4) is 0 Å². The summed E-state index contributed by atoms with van der Waals surface area (Å²) in [4.78, 5) is 24.4. The number of carboxylic acids is 1. The van der Waals surface area contributed by atoms with Crippen molar-refractivity contribution in [2.75, 3.05) is 19.7 Å². The standard InChI is InChI=1S/C17H25NO4/c1-14(2)12-18(10-8-17(20)21)16(19)9-11-22-13-15-6-4-3-5-7-15/h3-7,14H,8-13H2,1-2H3,(H,20,21). The van der Waals surface area contributed by atoms with E-state index in [4.69, 9.17) is 9.84 Å². The molecule has 0 spiro atoms. The number of carbonyl (C=O) groups is 2. The molecule has 0 aliphatic carbocycles. The molecule has 0 aliphatic rings. The summed E-state index contributed by atoms with van der Waals surface area (Å²) in [5, 5.41) is 8.76. The Balaban J connectivity index is 2.33. The zero-order valence-corrected chi connectivity index (χ0v) is 13.3. The minimum Gasteiger partial charge on any atom is -0.481 e. The van der Waals surface area contributed by atoms with Crippen molar-refractivity contribution in [3.05, 3.63) is 35.9 Å². The van der Waals surface area contributed by atoms with Crippen LogP contribution in [-0.4, -0.2) is 41.6 Å². The number of hydrogen-bond donors (Lipinski definition) is 1. The van der Waals surface area contributed by atoms with E-state index in [1.165, 1.54) is 0 Å². The van der Waals surface area contributed by atoms with Gasteiger partial charge in [-0.1, -0.05) is 44.2 Å². The number of benzene rings is 1. The number of carboxylic acid groups (broad SMARTS) is 1. The Morgan fingerprint density at radius 1 is 1.18 bits per heavy atom. The first kappa shape index (κ1) is 18.2. The molecule has 5 heteroatoms. The van der Waals surface area contributed by atoms with Gasteiger partial charge in [-0.3, -0.25) is 9.59 Å². The largest absolute Gasteiger partial charge is 0.481 e. The van der Waals surface area contributed by atoms with Gasteiger partial charge in [-0.2, -0.15) is 0 Å². The van der Waals surface area contributed by atoms with Crippen molar-refractivity contribution in [3.63, 3.8) is 0 Å². The fraction of sp³-hybridized carbons (Fsp3) is 0.529. The number of nitrogens with zero attached hydrogens (tertiary/aromatic N) is 1. The highest BCUT2D eigenvalue weighted by atomic mass is 16.5. The second-order valence-corrected chi connectivity index (χ2v) is 5.67. The topological polar surface area (TPSA) is 66.8 Å². The highest BCUT2D eigenvalue weighted by Crippen LogP contribution is 2.05. The summed E-state index contributed by atoms with van der Waals surface area (Å²) < 4.78 is 5.51. The molecule has 0 saturated carbocycles. The molecule has 1 N–H and O–H groups in total. The summed E-state index contributed by atoms with van der Waals surface area (Å²) in [5.41, 5.74) is 1.07. The molecule has 0 aromatic heterocycles. The monoisotopic (exact) mass is 307 g/mol. The lowest BCUT2D eigenvalue weighted by molar-refractivity contribution is -0.139. The number of carbonyl (C=O) groups excluding carboxylic acids is 1. The summed E-state index contributed by atoms with van der Waals surface area (Å²) in [6, 6.07) is 9.78. The molecular formula is C17H25NO4. The average Bonchev–Trinajstić information content (AvgIpc) is 2.48. The van der Waals surface area contributed by atoms with Crippen molar-refractivity contribution in [2.24, 2.45) is 5.92 Å². The summed E-state index contributed by atoms with van der Waals surface area (Å²) in [6.45, 7) is 5.67. The average molecular weight is 307 g/mol. The molecule has 0 atom stereocenters. The van der Waals surface area contributed by atoms with Crippen LogP contribution in [0.25, 0.3) is 0 Å². The molecule has 122 valence electrons. The number of ether oxygens (including phenoxy) is 1. The molecule has 0 saturated heterocycles. The van der Waals surface area contributed by atoms with Crippen LogP contribution in [-0.2, 0) is 20.9 Å². The maximum absolute atomic E-state index is 12.2. The van der Waals surface area contributed by atoms with Gasteiger partial charge in [0.1, 0.15) is 0 Å². The van der Waals surface area contributed by atoms with E-state index >= 15 is 0 Å². The van der Waals surface area contributed by atoms with Crippen LogP contribution in [0, 0.1) is 5.92 Å². The molecule has 1 aromatic carbocycles. The second-order valence-electron chi connectivity index (χ2n) is 5.67. The van der Waals surface area contributed by atoms with Gasteiger partial charge in [0, 0.05) is 13.1 Å². The molecule has 0 aliphatic heterocycles. The third kappa shape index (κ3) is 7.78. The van der Waals surface area contributed by atoms with Crippen LogP contribution in [0.1, 0.15) is 32.3 Å². The fourth-order valence-corrected chi connectivity index (χ4v) is 2.07. The maximum atomic E-state index is 12.2. The Morgan fingerprint density at radius 3 is 2.45 bits per heavy atom. The predicted molar refractivity (Wildman–Crippen MR) is 84.4 cm³/mol. The van der Waals surface area contributed by atoms with E-state index in [2.05, 4.69) is 0 Å². The smallest absolute Gasteiger partial charge is 0.305 e. The van der Waals surface area contributed by atoms with Crippen LogP contribution in [0.4, 0.5) is 0 Å². The van der Waals surface area contributed by atoms with E-state index in [9.17, 15) is 9.59 Å². The quantitative estimate of drug-likeness (QED) is 0.675. The highest BCUT2D eigenvalue weighted by molar-refractivity contribution is 5.77. The van der Waals surface area contributed by atoms with Gasteiger partial charge in [0.25, 0.3) is 0 Å². The fourth-order valence-electron chi connectivity index (χ4n) is 2.07. The Hall–Kier alpha value is -1.88. The molecule has 1 aromatic rings. The van der Waals surface area contributed by atoms with Crippen molar-refractivity contribution in [2.45, 2.75) is 33.3 Å². The molecule has 22 heavy (non-hydrogen) atoms. The molecule has 0 bridgehead atoms. The first-order valence-electron chi connectivity index (χ1n) is 7.60. The van der Waals surface area contributed by atoms with Crippen molar-refractivity contribution >= 4 is 11.9 Å². The second kappa shape index (κ2) is 9.95. The number of aliphatic carboxylic acids is 1. The lowest BCUT2D eigenvalue weighted by atomic mass is 10.2. The van der Waals surface area contributed by atoms with Crippen molar-refractivity contribution in [3.8, 4) is 0 Å². The first-order chi connectivity index (χ1) is 10.5. The van der Waals surface area contributed by atoms with E-state index in [0.717, 1.165) is 5.56 Å². The Kier molecular flexibility index (Phi) is 8.22. The summed E-state index contributed by atoms with van der Waals surface area (Å²) in [7, 11) is 0. The number of rotatable bonds is 10. The molecule has 1 amide bonds. The van der Waals surface area contributed by atoms with Gasteiger partial charge in [-0.25, -0.2) is 0 Å². The normalized spacial score (nSPS) is 10.7. The number of hydrogen-bond acceptors (Lipinski definition) is 3. The van der Waals surface area contributed by atoms with Crippen LogP contribution >= 0.6 is 0 Å². The summed E-state index contributed by atoms with van der Waals surface area (Å²) in [6.07, 6.45) is 0.252. The van der Waals surface area contributed by atoms with E-state index < -0.39 is 5.97 Å². The molecule has 0 radical (unpaired) electrons. The van der Waals surface area contributed by atoms with Crippen LogP contribution < -0.4 is 0 Å². The molecule has 0 unspecified atom stereocenters. The molecular weight excluding hydrogens is 282 g/mol. The van der Waals surface area contributed by atoms with Crippen LogP contribution in [0.15, 0.2) is 30.3 Å². The summed E-state index contributed by atoms with van der Waals surface area (Å²) >= 11 is 0. The minimum atomic E-state index is -0.887. The Labute approximate surface area is 131 Å². The molecule has 1 rings (SSSR count). The van der Waals surface area contributed by atoms with Gasteiger partial charge < -0.3 is 14.7 Å².